The van der Waals surface area contributed by atoms with Gasteiger partial charge >= 0.3 is 11.9 Å². The molecule has 0 amide bonds. The van der Waals surface area contributed by atoms with Crippen LogP contribution < -0.4 is 0 Å². The Morgan fingerprint density at radius 1 is 1.03 bits per heavy atom. The second-order valence-electron chi connectivity index (χ2n) is 11.7. The van der Waals surface area contributed by atoms with Crippen LogP contribution in [0.2, 0.25) is 0 Å². The largest absolute Gasteiger partial charge is 0.481 e. The van der Waals surface area contributed by atoms with Gasteiger partial charge in [0, 0.05) is 17.8 Å². The predicted octanol–water partition coefficient (Wildman–Crippen LogP) is 5.28. The second kappa shape index (κ2) is 6.91. The van der Waals surface area contributed by atoms with E-state index in [0.717, 1.165) is 32.1 Å². The number of carbonyl (C=O) groups excluding carboxylic acids is 2. The fraction of sp³-hybridized carbons (Fsp3) is 0.667. The Kier molecular flexibility index (Phi) is 4.68. The maximum Gasteiger partial charge on any atom is 0.338 e. The molecule has 4 saturated carbocycles. The Morgan fingerprint density at radius 2 is 1.75 bits per heavy atom. The zero-order valence-corrected chi connectivity index (χ0v) is 19.4. The molecule has 5 nitrogen and oxygen atoms in total. The van der Waals surface area contributed by atoms with Crippen molar-refractivity contribution in [3.8, 4) is 0 Å². The van der Waals surface area contributed by atoms with Crippen LogP contribution in [0, 0.1) is 33.5 Å². The summed E-state index contributed by atoms with van der Waals surface area (Å²) in [6, 6.07) is 8.92. The summed E-state index contributed by atoms with van der Waals surface area (Å²) in [5.41, 5.74) is -1.08. The highest BCUT2D eigenvalue weighted by Gasteiger charge is 2.73. The highest BCUT2D eigenvalue weighted by molar-refractivity contribution is 5.89. The van der Waals surface area contributed by atoms with E-state index in [9.17, 15) is 19.5 Å². The van der Waals surface area contributed by atoms with Gasteiger partial charge in [-0.15, -0.1) is 0 Å². The molecule has 5 heteroatoms. The number of benzene rings is 1. The molecule has 4 fully saturated rings. The minimum atomic E-state index is -0.950. The van der Waals surface area contributed by atoms with Crippen molar-refractivity contribution in [1.29, 1.82) is 0 Å². The summed E-state index contributed by atoms with van der Waals surface area (Å²) in [4.78, 5) is 38.8. The molecule has 1 aromatic rings. The second-order valence-corrected chi connectivity index (χ2v) is 11.7. The van der Waals surface area contributed by atoms with Crippen molar-refractivity contribution in [3.05, 3.63) is 35.9 Å². The lowest BCUT2D eigenvalue weighted by atomic mass is 9.37. The predicted molar refractivity (Wildman–Crippen MR) is 119 cm³/mol. The Labute approximate surface area is 189 Å². The third-order valence-electron chi connectivity index (χ3n) is 10.3. The number of rotatable bonds is 3. The van der Waals surface area contributed by atoms with Crippen LogP contribution in [0.3, 0.4) is 0 Å². The third kappa shape index (κ3) is 2.72. The summed E-state index contributed by atoms with van der Waals surface area (Å²) in [6.45, 7) is 6.23. The van der Waals surface area contributed by atoms with Gasteiger partial charge in [-0.05, 0) is 74.3 Å². The molecule has 4 aliphatic carbocycles. The summed E-state index contributed by atoms with van der Waals surface area (Å²) in [7, 11) is 0. The zero-order valence-electron chi connectivity index (χ0n) is 19.4. The van der Waals surface area contributed by atoms with Crippen LogP contribution in [0.1, 0.15) is 82.5 Å². The Bertz CT molecular complexity index is 972. The number of aliphatic carboxylic acids is 1. The minimum absolute atomic E-state index is 0.0485. The summed E-state index contributed by atoms with van der Waals surface area (Å²) in [5, 5.41) is 10.4. The first-order valence-corrected chi connectivity index (χ1v) is 12.1. The van der Waals surface area contributed by atoms with Crippen molar-refractivity contribution in [3.63, 3.8) is 0 Å². The lowest BCUT2D eigenvalue weighted by Crippen LogP contribution is -2.66. The van der Waals surface area contributed by atoms with E-state index in [4.69, 9.17) is 4.74 Å². The van der Waals surface area contributed by atoms with Gasteiger partial charge in [-0.2, -0.15) is 0 Å². The van der Waals surface area contributed by atoms with E-state index in [1.165, 1.54) is 0 Å². The minimum Gasteiger partial charge on any atom is -0.481 e. The van der Waals surface area contributed by atoms with Crippen LogP contribution in [-0.2, 0) is 14.3 Å². The lowest BCUT2D eigenvalue weighted by Gasteiger charge is -2.67. The number of ketones is 1. The molecule has 1 aromatic carbocycles. The Balaban J connectivity index is 1.59. The molecule has 0 saturated heterocycles. The quantitative estimate of drug-likeness (QED) is 0.650. The van der Waals surface area contributed by atoms with Gasteiger partial charge in [-0.3, -0.25) is 9.59 Å². The number of carbonyl (C=O) groups is 3. The van der Waals surface area contributed by atoms with Gasteiger partial charge in [0.15, 0.2) is 0 Å². The molecule has 1 unspecified atom stereocenters. The smallest absolute Gasteiger partial charge is 0.338 e. The van der Waals surface area contributed by atoms with E-state index in [1.807, 2.05) is 13.0 Å². The van der Waals surface area contributed by atoms with Crippen LogP contribution in [0.25, 0.3) is 0 Å². The average molecular weight is 439 g/mol. The summed E-state index contributed by atoms with van der Waals surface area (Å²) in [6.07, 6.45) is 5.72. The first kappa shape index (κ1) is 21.7. The summed E-state index contributed by atoms with van der Waals surface area (Å²) < 4.78 is 6.16. The molecule has 32 heavy (non-hydrogen) atoms. The van der Waals surface area contributed by atoms with E-state index in [0.29, 0.717) is 30.6 Å². The van der Waals surface area contributed by atoms with Crippen molar-refractivity contribution in [2.75, 3.05) is 0 Å². The fourth-order valence-electron chi connectivity index (χ4n) is 8.66. The topological polar surface area (TPSA) is 80.7 Å². The molecule has 0 aliphatic heterocycles. The normalized spacial score (nSPS) is 45.0. The third-order valence-corrected chi connectivity index (χ3v) is 10.3. The van der Waals surface area contributed by atoms with Gasteiger partial charge in [0.1, 0.15) is 11.9 Å². The molecule has 0 aromatic heterocycles. The van der Waals surface area contributed by atoms with E-state index in [-0.39, 0.29) is 28.1 Å². The molecule has 7 atom stereocenters. The van der Waals surface area contributed by atoms with Crippen LogP contribution >= 0.6 is 0 Å². The number of hydrogen-bond donors (Lipinski definition) is 1. The number of esters is 1. The van der Waals surface area contributed by atoms with Crippen molar-refractivity contribution in [2.24, 2.45) is 33.5 Å². The molecule has 0 radical (unpaired) electrons. The average Bonchev–Trinajstić information content (AvgIpc) is 3.08. The van der Waals surface area contributed by atoms with Gasteiger partial charge in [-0.1, -0.05) is 38.5 Å². The van der Waals surface area contributed by atoms with Crippen molar-refractivity contribution >= 4 is 17.7 Å². The molecule has 4 aliphatic rings. The van der Waals surface area contributed by atoms with Gasteiger partial charge in [0.2, 0.25) is 0 Å². The number of carboxylic acid groups (broad SMARTS) is 1. The SMILES string of the molecule is C[C@]12CC[C@]3(C1)C(CC2=O)C[C@@H](OC(=O)c1ccccc1)[C@H]1[C@](C)(C(=O)O)CCC[C@@]13C. The highest BCUT2D eigenvalue weighted by atomic mass is 16.5. The molecular formula is C27H34O5. The monoisotopic (exact) mass is 438 g/mol. The highest BCUT2D eigenvalue weighted by Crippen LogP contribution is 2.75. The first-order valence-electron chi connectivity index (χ1n) is 12.1. The zero-order chi connectivity index (χ0) is 22.9. The van der Waals surface area contributed by atoms with E-state index >= 15 is 0 Å². The molecule has 1 N–H and O–H groups in total. The van der Waals surface area contributed by atoms with Gasteiger partial charge in [0.25, 0.3) is 0 Å². The fourth-order valence-corrected chi connectivity index (χ4v) is 8.66. The number of Topliss-reactive ketones (excluding diaryl/α,β-unsaturated/α-hetero) is 1. The van der Waals surface area contributed by atoms with Crippen LogP contribution in [0.5, 0.6) is 0 Å². The molecule has 0 heterocycles. The number of fused-ring (bicyclic) bond motifs is 2. The first-order chi connectivity index (χ1) is 15.1. The van der Waals surface area contributed by atoms with E-state index in [1.54, 1.807) is 24.3 Å². The Hall–Kier alpha value is -2.17. The van der Waals surface area contributed by atoms with Crippen molar-refractivity contribution in [2.45, 2.75) is 78.2 Å². The lowest BCUT2D eigenvalue weighted by molar-refractivity contribution is -0.224. The van der Waals surface area contributed by atoms with Crippen LogP contribution in [0.4, 0.5) is 0 Å². The van der Waals surface area contributed by atoms with Crippen molar-refractivity contribution < 1.29 is 24.2 Å². The van der Waals surface area contributed by atoms with Gasteiger partial charge in [-0.25, -0.2) is 4.79 Å². The number of ether oxygens (including phenoxy) is 1. The van der Waals surface area contributed by atoms with Gasteiger partial charge < -0.3 is 9.84 Å². The maximum absolute atomic E-state index is 13.1. The molecule has 172 valence electrons. The number of carboxylic acids is 1. The summed E-state index contributed by atoms with van der Waals surface area (Å²) >= 11 is 0. The van der Waals surface area contributed by atoms with E-state index in [2.05, 4.69) is 13.8 Å². The summed E-state index contributed by atoms with van der Waals surface area (Å²) in [5.74, 6) is -0.970. The number of hydrogen-bond acceptors (Lipinski definition) is 4. The van der Waals surface area contributed by atoms with Crippen LogP contribution in [-0.4, -0.2) is 28.9 Å². The molecule has 2 bridgehead atoms. The maximum atomic E-state index is 13.1. The van der Waals surface area contributed by atoms with E-state index < -0.39 is 23.5 Å². The van der Waals surface area contributed by atoms with Crippen molar-refractivity contribution in [1.82, 2.24) is 0 Å². The Morgan fingerprint density at radius 3 is 2.44 bits per heavy atom. The van der Waals surface area contributed by atoms with Gasteiger partial charge in [0.05, 0.1) is 11.0 Å². The molecule has 1 spiro atoms. The molecular weight excluding hydrogens is 404 g/mol. The standard InChI is InChI=1S/C27H34O5/c1-24-12-13-27(16-24)18(15-20(24)28)14-19(32-22(29)17-8-5-4-6-9-17)21-25(2,23(30)31)10-7-11-26(21,27)3/h4-6,8-9,18-19,21H,7,10-16H2,1-3H3,(H,30,31)/t18?,19-,21+,24+,25-,26+,27+/m1/s1. The van der Waals surface area contributed by atoms with Crippen LogP contribution in [0.15, 0.2) is 30.3 Å². The molecule has 5 rings (SSSR count).